The summed E-state index contributed by atoms with van der Waals surface area (Å²) in [7, 11) is 0. The van der Waals surface area contributed by atoms with Gasteiger partial charge in [0.15, 0.2) is 5.70 Å². The SMILES string of the molecule is O=C1OC(c2ccccc2)=N/C1=C\c1cccc(OCc2ccccc2Br)c1. The molecule has 0 radical (unpaired) electrons. The second-order valence-electron chi connectivity index (χ2n) is 6.15. The zero-order valence-corrected chi connectivity index (χ0v) is 16.4. The third-order valence-electron chi connectivity index (χ3n) is 4.15. The van der Waals surface area contributed by atoms with Crippen molar-refractivity contribution in [1.82, 2.24) is 0 Å². The predicted octanol–water partition coefficient (Wildman–Crippen LogP) is 5.37. The first-order valence-electron chi connectivity index (χ1n) is 8.73. The lowest BCUT2D eigenvalue weighted by atomic mass is 10.2. The topological polar surface area (TPSA) is 47.9 Å². The maximum absolute atomic E-state index is 12.2. The van der Waals surface area contributed by atoms with Gasteiger partial charge in [0.1, 0.15) is 12.4 Å². The van der Waals surface area contributed by atoms with Crippen LogP contribution in [0.25, 0.3) is 6.08 Å². The Morgan fingerprint density at radius 3 is 2.57 bits per heavy atom. The molecule has 28 heavy (non-hydrogen) atoms. The second-order valence-corrected chi connectivity index (χ2v) is 7.01. The molecule has 1 aliphatic heterocycles. The highest BCUT2D eigenvalue weighted by Gasteiger charge is 2.23. The lowest BCUT2D eigenvalue weighted by molar-refractivity contribution is -0.129. The van der Waals surface area contributed by atoms with Gasteiger partial charge in [-0.25, -0.2) is 9.79 Å². The molecular weight excluding hydrogens is 418 g/mol. The van der Waals surface area contributed by atoms with Crippen LogP contribution in [0.4, 0.5) is 0 Å². The molecule has 1 heterocycles. The predicted molar refractivity (Wildman–Crippen MR) is 112 cm³/mol. The molecule has 0 fully saturated rings. The third kappa shape index (κ3) is 4.21. The number of halogens is 1. The Morgan fingerprint density at radius 1 is 0.964 bits per heavy atom. The van der Waals surface area contributed by atoms with Crippen molar-refractivity contribution in [3.05, 3.63) is 106 Å². The van der Waals surface area contributed by atoms with Crippen molar-refractivity contribution in [2.75, 3.05) is 0 Å². The van der Waals surface area contributed by atoms with Crippen molar-refractivity contribution in [1.29, 1.82) is 0 Å². The van der Waals surface area contributed by atoms with Gasteiger partial charge in [0.25, 0.3) is 0 Å². The number of ether oxygens (including phenoxy) is 2. The molecule has 0 N–H and O–H groups in total. The van der Waals surface area contributed by atoms with E-state index in [0.717, 1.165) is 21.2 Å². The van der Waals surface area contributed by atoms with Gasteiger partial charge in [0, 0.05) is 15.6 Å². The van der Waals surface area contributed by atoms with E-state index < -0.39 is 5.97 Å². The van der Waals surface area contributed by atoms with Crippen molar-refractivity contribution in [3.63, 3.8) is 0 Å². The van der Waals surface area contributed by atoms with E-state index in [2.05, 4.69) is 20.9 Å². The number of hydrogen-bond acceptors (Lipinski definition) is 4. The van der Waals surface area contributed by atoms with Gasteiger partial charge in [-0.2, -0.15) is 0 Å². The number of rotatable bonds is 5. The van der Waals surface area contributed by atoms with E-state index in [1.807, 2.05) is 78.9 Å². The average molecular weight is 434 g/mol. The number of cyclic esters (lactones) is 1. The minimum absolute atomic E-state index is 0.266. The number of esters is 1. The van der Waals surface area contributed by atoms with Crippen LogP contribution in [0, 0.1) is 0 Å². The summed E-state index contributed by atoms with van der Waals surface area (Å²) in [5.74, 6) is 0.570. The van der Waals surface area contributed by atoms with Crippen LogP contribution in [0.3, 0.4) is 0 Å². The van der Waals surface area contributed by atoms with E-state index in [1.54, 1.807) is 6.08 Å². The Kier molecular flexibility index (Phi) is 5.35. The molecule has 138 valence electrons. The summed E-state index contributed by atoms with van der Waals surface area (Å²) in [5.41, 5.74) is 2.91. The fraction of sp³-hybridized carbons (Fsp3) is 0.0435. The Hall–Kier alpha value is -3.18. The monoisotopic (exact) mass is 433 g/mol. The number of carbonyl (C=O) groups excluding carboxylic acids is 1. The minimum Gasteiger partial charge on any atom is -0.489 e. The second kappa shape index (κ2) is 8.23. The largest absolute Gasteiger partial charge is 0.489 e. The smallest absolute Gasteiger partial charge is 0.363 e. The molecule has 3 aromatic rings. The molecule has 5 heteroatoms. The fourth-order valence-electron chi connectivity index (χ4n) is 2.74. The van der Waals surface area contributed by atoms with Crippen molar-refractivity contribution in [3.8, 4) is 5.75 Å². The van der Waals surface area contributed by atoms with Crippen molar-refractivity contribution >= 4 is 33.9 Å². The summed E-state index contributed by atoms with van der Waals surface area (Å²) in [6, 6.07) is 24.8. The maximum atomic E-state index is 12.2. The summed E-state index contributed by atoms with van der Waals surface area (Å²) in [5, 5.41) is 0. The number of benzene rings is 3. The molecule has 0 aliphatic carbocycles. The highest BCUT2D eigenvalue weighted by molar-refractivity contribution is 9.10. The first-order valence-corrected chi connectivity index (χ1v) is 9.52. The normalized spacial score (nSPS) is 14.7. The summed E-state index contributed by atoms with van der Waals surface area (Å²) in [6.45, 7) is 0.444. The van der Waals surface area contributed by atoms with Crippen LogP contribution in [0.2, 0.25) is 0 Å². The first-order chi connectivity index (χ1) is 13.7. The Morgan fingerprint density at radius 2 is 1.75 bits per heavy atom. The van der Waals surface area contributed by atoms with Gasteiger partial charge >= 0.3 is 5.97 Å². The lowest BCUT2D eigenvalue weighted by Gasteiger charge is -2.08. The number of aliphatic imine (C=N–C) groups is 1. The molecule has 0 spiro atoms. The van der Waals surface area contributed by atoms with Gasteiger partial charge in [0.2, 0.25) is 5.90 Å². The van der Waals surface area contributed by atoms with Gasteiger partial charge in [-0.3, -0.25) is 0 Å². The molecular formula is C23H16BrNO3. The fourth-order valence-corrected chi connectivity index (χ4v) is 3.14. The lowest BCUT2D eigenvalue weighted by Crippen LogP contribution is -2.04. The van der Waals surface area contributed by atoms with E-state index in [4.69, 9.17) is 9.47 Å². The highest BCUT2D eigenvalue weighted by Crippen LogP contribution is 2.23. The van der Waals surface area contributed by atoms with E-state index in [9.17, 15) is 4.79 Å². The molecule has 0 aromatic heterocycles. The van der Waals surface area contributed by atoms with Crippen molar-refractivity contribution in [2.45, 2.75) is 6.61 Å². The summed E-state index contributed by atoms with van der Waals surface area (Å²) in [6.07, 6.45) is 1.70. The Bertz CT molecular complexity index is 1070. The summed E-state index contributed by atoms with van der Waals surface area (Å²) >= 11 is 3.52. The van der Waals surface area contributed by atoms with E-state index in [-0.39, 0.29) is 5.70 Å². The van der Waals surface area contributed by atoms with E-state index in [1.165, 1.54) is 0 Å². The number of carbonyl (C=O) groups is 1. The number of nitrogens with zero attached hydrogens (tertiary/aromatic N) is 1. The van der Waals surface area contributed by atoms with Gasteiger partial charge in [0.05, 0.1) is 0 Å². The van der Waals surface area contributed by atoms with Gasteiger partial charge in [-0.1, -0.05) is 64.5 Å². The standard InChI is InChI=1S/C23H16BrNO3/c24-20-12-5-4-10-18(20)15-27-19-11-6-7-16(13-19)14-21-23(26)28-22(25-21)17-8-2-1-3-9-17/h1-14H,15H2/b21-14-. The third-order valence-corrected chi connectivity index (χ3v) is 4.93. The van der Waals surface area contributed by atoms with Crippen LogP contribution >= 0.6 is 15.9 Å². The highest BCUT2D eigenvalue weighted by atomic mass is 79.9. The Balaban J connectivity index is 1.52. The van der Waals surface area contributed by atoms with E-state index in [0.29, 0.717) is 18.3 Å². The average Bonchev–Trinajstić information content (AvgIpc) is 3.09. The molecule has 0 saturated heterocycles. The van der Waals surface area contributed by atoms with Gasteiger partial charge < -0.3 is 9.47 Å². The van der Waals surface area contributed by atoms with Crippen LogP contribution < -0.4 is 4.74 Å². The van der Waals surface area contributed by atoms with Crippen LogP contribution in [-0.4, -0.2) is 11.9 Å². The summed E-state index contributed by atoms with van der Waals surface area (Å²) < 4.78 is 12.2. The molecule has 0 saturated carbocycles. The summed E-state index contributed by atoms with van der Waals surface area (Å²) in [4.78, 5) is 16.5. The first kappa shape index (κ1) is 18.2. The van der Waals surface area contributed by atoms with Crippen LogP contribution in [0.15, 0.2) is 94.0 Å². The molecule has 1 aliphatic rings. The molecule has 0 amide bonds. The van der Waals surface area contributed by atoms with E-state index >= 15 is 0 Å². The van der Waals surface area contributed by atoms with Gasteiger partial charge in [-0.05, 0) is 42.0 Å². The minimum atomic E-state index is -0.460. The molecule has 4 nitrogen and oxygen atoms in total. The zero-order chi connectivity index (χ0) is 19.3. The molecule has 3 aromatic carbocycles. The molecule has 4 rings (SSSR count). The van der Waals surface area contributed by atoms with Crippen LogP contribution in [-0.2, 0) is 16.1 Å². The quantitative estimate of drug-likeness (QED) is 0.401. The molecule has 0 bridgehead atoms. The van der Waals surface area contributed by atoms with Crippen LogP contribution in [0.5, 0.6) is 5.75 Å². The zero-order valence-electron chi connectivity index (χ0n) is 14.8. The van der Waals surface area contributed by atoms with Crippen LogP contribution in [0.1, 0.15) is 16.7 Å². The van der Waals surface area contributed by atoms with Gasteiger partial charge in [-0.15, -0.1) is 0 Å². The molecule has 0 unspecified atom stereocenters. The van der Waals surface area contributed by atoms with Crippen molar-refractivity contribution in [2.24, 2.45) is 4.99 Å². The van der Waals surface area contributed by atoms with Crippen molar-refractivity contribution < 1.29 is 14.3 Å². The maximum Gasteiger partial charge on any atom is 0.363 e. The Labute approximate surface area is 171 Å². The molecule has 0 atom stereocenters. The number of hydrogen-bond donors (Lipinski definition) is 0.